The average Bonchev–Trinajstić information content (AvgIpc) is 2.80. The van der Waals surface area contributed by atoms with Gasteiger partial charge < -0.3 is 20.7 Å². The molecule has 0 aliphatic carbocycles. The number of H-pyrrole nitrogens is 1. The number of amides is 1. The molecule has 94 valence electrons. The monoisotopic (exact) mass is 247 g/mol. The zero-order valence-corrected chi connectivity index (χ0v) is 9.60. The van der Waals surface area contributed by atoms with Gasteiger partial charge in [0.15, 0.2) is 5.65 Å². The van der Waals surface area contributed by atoms with E-state index in [1.807, 2.05) is 0 Å². The van der Waals surface area contributed by atoms with Crippen molar-refractivity contribution in [3.63, 3.8) is 0 Å². The largest absolute Gasteiger partial charge is 0.385 e. The van der Waals surface area contributed by atoms with Crippen LogP contribution in [0.3, 0.4) is 0 Å². The van der Waals surface area contributed by atoms with Crippen LogP contribution in [0.25, 0.3) is 11.2 Å². The molecule has 4 N–H and O–H groups in total. The van der Waals surface area contributed by atoms with Crippen molar-refractivity contribution >= 4 is 17.1 Å². The molecule has 1 aliphatic rings. The number of fused-ring (bicyclic) bond motifs is 1. The summed E-state index contributed by atoms with van der Waals surface area (Å²) in [5.74, 6) is -0.328. The lowest BCUT2D eigenvalue weighted by Gasteiger charge is -2.37. The minimum absolute atomic E-state index is 0.214. The molecule has 0 bridgehead atoms. The van der Waals surface area contributed by atoms with Gasteiger partial charge in [-0.3, -0.25) is 4.79 Å². The first-order valence-electron chi connectivity index (χ1n) is 5.68. The topological polar surface area (TPSA) is 103 Å². The number of nitrogens with one attached hydrogen (secondary N) is 3. The summed E-state index contributed by atoms with van der Waals surface area (Å²) in [5.41, 5.74) is 0.708. The minimum atomic E-state index is -0.832. The number of aromatic nitrogens is 3. The third-order valence-electron chi connectivity index (χ3n) is 2.98. The SMILES string of the molecule is O=C(NCC1(O)CNC1)c1cnc2[nH]ccc2n1. The van der Waals surface area contributed by atoms with Gasteiger partial charge in [0.25, 0.3) is 5.91 Å². The molecule has 7 nitrogen and oxygen atoms in total. The Morgan fingerprint density at radius 1 is 1.56 bits per heavy atom. The molecule has 18 heavy (non-hydrogen) atoms. The standard InChI is InChI=1S/C11H13N5O2/c17-10(15-6-11(18)4-12-5-11)8-3-14-9-7(16-8)1-2-13-9/h1-3,12,18H,4-6H2,(H,13,14)(H,15,17). The minimum Gasteiger partial charge on any atom is -0.385 e. The van der Waals surface area contributed by atoms with Gasteiger partial charge in [0.05, 0.1) is 6.20 Å². The first-order valence-corrected chi connectivity index (χ1v) is 5.68. The van der Waals surface area contributed by atoms with Gasteiger partial charge in [-0.15, -0.1) is 0 Å². The molecule has 0 atom stereocenters. The zero-order valence-electron chi connectivity index (χ0n) is 9.60. The molecule has 3 rings (SSSR count). The molecule has 1 amide bonds. The fourth-order valence-corrected chi connectivity index (χ4v) is 1.81. The highest BCUT2D eigenvalue weighted by atomic mass is 16.3. The number of hydrogen-bond donors (Lipinski definition) is 4. The Morgan fingerprint density at radius 2 is 2.39 bits per heavy atom. The number of aliphatic hydroxyl groups is 1. The van der Waals surface area contributed by atoms with E-state index in [9.17, 15) is 9.90 Å². The molecule has 0 aromatic carbocycles. The van der Waals surface area contributed by atoms with Crippen LogP contribution in [0.5, 0.6) is 0 Å². The number of carbonyl (C=O) groups excluding carboxylic acids is 1. The second-order valence-electron chi connectivity index (χ2n) is 4.48. The fraction of sp³-hybridized carbons (Fsp3) is 0.364. The summed E-state index contributed by atoms with van der Waals surface area (Å²) in [6.07, 6.45) is 3.13. The van der Waals surface area contributed by atoms with Crippen LogP contribution in [0.15, 0.2) is 18.5 Å². The Bertz CT molecular complexity index is 590. The van der Waals surface area contributed by atoms with Crippen molar-refractivity contribution in [3.8, 4) is 0 Å². The van der Waals surface area contributed by atoms with Gasteiger partial charge >= 0.3 is 0 Å². The van der Waals surface area contributed by atoms with Crippen molar-refractivity contribution in [2.24, 2.45) is 0 Å². The summed E-state index contributed by atoms with van der Waals surface area (Å²) >= 11 is 0. The highest BCUT2D eigenvalue weighted by Gasteiger charge is 2.34. The Morgan fingerprint density at radius 3 is 3.11 bits per heavy atom. The number of hydrogen-bond acceptors (Lipinski definition) is 5. The highest BCUT2D eigenvalue weighted by Crippen LogP contribution is 2.09. The number of β-amino-alcohol motifs (C(OH)–C–C–N with tert-alkyl or cyclic N) is 1. The van der Waals surface area contributed by atoms with Crippen LogP contribution >= 0.6 is 0 Å². The van der Waals surface area contributed by atoms with Crippen LogP contribution in [0.4, 0.5) is 0 Å². The van der Waals surface area contributed by atoms with Gasteiger partial charge in [0, 0.05) is 25.8 Å². The Balaban J connectivity index is 1.71. The van der Waals surface area contributed by atoms with Gasteiger partial charge in [0.1, 0.15) is 16.8 Å². The number of carbonyl (C=O) groups is 1. The third kappa shape index (κ3) is 1.93. The lowest BCUT2D eigenvalue weighted by Crippen LogP contribution is -2.64. The van der Waals surface area contributed by atoms with Crippen LogP contribution in [0.1, 0.15) is 10.5 Å². The van der Waals surface area contributed by atoms with E-state index in [0.717, 1.165) is 0 Å². The molecule has 1 fully saturated rings. The van der Waals surface area contributed by atoms with Crippen LogP contribution in [-0.2, 0) is 0 Å². The maximum atomic E-state index is 11.8. The maximum Gasteiger partial charge on any atom is 0.271 e. The first-order chi connectivity index (χ1) is 8.66. The van der Waals surface area contributed by atoms with Crippen molar-refractivity contribution in [2.45, 2.75) is 5.60 Å². The van der Waals surface area contributed by atoms with Crippen LogP contribution in [-0.4, -0.2) is 51.2 Å². The van der Waals surface area contributed by atoms with Crippen LogP contribution in [0, 0.1) is 0 Å². The van der Waals surface area contributed by atoms with Gasteiger partial charge in [0.2, 0.25) is 0 Å². The van der Waals surface area contributed by atoms with E-state index in [4.69, 9.17) is 0 Å². The number of rotatable bonds is 3. The number of nitrogens with zero attached hydrogens (tertiary/aromatic N) is 2. The van der Waals surface area contributed by atoms with Gasteiger partial charge in [-0.25, -0.2) is 9.97 Å². The summed E-state index contributed by atoms with van der Waals surface area (Å²) < 4.78 is 0. The second-order valence-corrected chi connectivity index (χ2v) is 4.48. The summed E-state index contributed by atoms with van der Waals surface area (Å²) in [5, 5.41) is 15.4. The molecule has 0 saturated carbocycles. The highest BCUT2D eigenvalue weighted by molar-refractivity contribution is 5.93. The summed E-state index contributed by atoms with van der Waals surface area (Å²) in [4.78, 5) is 23.0. The van der Waals surface area contributed by atoms with E-state index in [-0.39, 0.29) is 18.1 Å². The van der Waals surface area contributed by atoms with Gasteiger partial charge in [-0.2, -0.15) is 0 Å². The lowest BCUT2D eigenvalue weighted by atomic mass is 9.97. The molecule has 1 saturated heterocycles. The molecule has 3 heterocycles. The Labute approximate surface area is 103 Å². The molecule has 1 aliphatic heterocycles. The summed E-state index contributed by atoms with van der Waals surface area (Å²) in [6.45, 7) is 1.21. The maximum absolute atomic E-state index is 11.8. The Hall–Kier alpha value is -1.99. The molecule has 2 aromatic rings. The lowest BCUT2D eigenvalue weighted by molar-refractivity contribution is -0.00763. The molecular formula is C11H13N5O2. The van der Waals surface area contributed by atoms with E-state index in [1.54, 1.807) is 12.3 Å². The van der Waals surface area contributed by atoms with Gasteiger partial charge in [-0.1, -0.05) is 0 Å². The van der Waals surface area contributed by atoms with E-state index >= 15 is 0 Å². The fourth-order valence-electron chi connectivity index (χ4n) is 1.81. The summed E-state index contributed by atoms with van der Waals surface area (Å²) in [6, 6.07) is 1.75. The van der Waals surface area contributed by atoms with E-state index in [2.05, 4.69) is 25.6 Å². The van der Waals surface area contributed by atoms with Crippen LogP contribution in [0.2, 0.25) is 0 Å². The van der Waals surface area contributed by atoms with Crippen molar-refractivity contribution in [2.75, 3.05) is 19.6 Å². The van der Waals surface area contributed by atoms with Gasteiger partial charge in [-0.05, 0) is 6.07 Å². The quantitative estimate of drug-likeness (QED) is 0.558. The van der Waals surface area contributed by atoms with E-state index in [1.165, 1.54) is 6.20 Å². The third-order valence-corrected chi connectivity index (χ3v) is 2.98. The second kappa shape index (κ2) is 4.04. The van der Waals surface area contributed by atoms with Crippen molar-refractivity contribution in [3.05, 3.63) is 24.2 Å². The molecule has 2 aromatic heterocycles. The smallest absolute Gasteiger partial charge is 0.271 e. The first kappa shape index (κ1) is 11.1. The molecule has 7 heteroatoms. The Kier molecular flexibility index (Phi) is 2.49. The van der Waals surface area contributed by atoms with Crippen molar-refractivity contribution in [1.29, 1.82) is 0 Å². The molecular weight excluding hydrogens is 234 g/mol. The number of aromatic amines is 1. The molecule has 0 unspecified atom stereocenters. The zero-order chi connectivity index (χ0) is 12.6. The summed E-state index contributed by atoms with van der Waals surface area (Å²) in [7, 11) is 0. The van der Waals surface area contributed by atoms with Crippen molar-refractivity contribution in [1.82, 2.24) is 25.6 Å². The predicted molar refractivity (Wildman–Crippen MR) is 64.0 cm³/mol. The average molecular weight is 247 g/mol. The normalized spacial score (nSPS) is 17.4. The van der Waals surface area contributed by atoms with E-state index in [0.29, 0.717) is 24.3 Å². The molecule has 0 radical (unpaired) electrons. The van der Waals surface area contributed by atoms with Crippen molar-refractivity contribution < 1.29 is 9.90 Å². The van der Waals surface area contributed by atoms with Crippen LogP contribution < -0.4 is 10.6 Å². The molecule has 0 spiro atoms. The van der Waals surface area contributed by atoms with E-state index < -0.39 is 5.60 Å². The predicted octanol–water partition coefficient (Wildman–Crippen LogP) is -0.978.